The first-order valence-corrected chi connectivity index (χ1v) is 9.23. The molecular formula is C16H20BN5O4S. The van der Waals surface area contributed by atoms with Crippen LogP contribution in [-0.2, 0) is 4.74 Å². The van der Waals surface area contributed by atoms with E-state index in [2.05, 4.69) is 20.3 Å². The summed E-state index contributed by atoms with van der Waals surface area (Å²) in [6.45, 7) is 4.52. The van der Waals surface area contributed by atoms with Crippen molar-refractivity contribution in [3.8, 4) is 0 Å². The van der Waals surface area contributed by atoms with E-state index in [9.17, 15) is 14.7 Å². The number of aromatic amines is 1. The molecular weight excluding hydrogens is 369 g/mol. The molecule has 0 bridgehead atoms. The van der Waals surface area contributed by atoms with Gasteiger partial charge in [-0.3, -0.25) is 4.79 Å². The normalized spacial score (nSPS) is 19.9. The molecule has 3 heterocycles. The fourth-order valence-electron chi connectivity index (χ4n) is 3.03. The second-order valence-corrected chi connectivity index (χ2v) is 7.37. The smallest absolute Gasteiger partial charge is 0.347 e. The van der Waals surface area contributed by atoms with Crippen LogP contribution in [0.5, 0.6) is 0 Å². The second-order valence-electron chi connectivity index (χ2n) is 6.39. The Morgan fingerprint density at radius 1 is 1.37 bits per heavy atom. The monoisotopic (exact) mass is 389 g/mol. The summed E-state index contributed by atoms with van der Waals surface area (Å²) in [6, 6.07) is -0.203. The first-order valence-electron chi connectivity index (χ1n) is 8.41. The number of ether oxygens (including phenoxy) is 1. The van der Waals surface area contributed by atoms with E-state index in [1.807, 2.05) is 4.90 Å². The Bertz CT molecular complexity index is 848. The number of carbonyl (C=O) groups is 2. The number of carboxylic acid groups (broad SMARTS) is 1. The fraction of sp³-hybridized carbons (Fsp3) is 0.500. The Balaban J connectivity index is 1.68. The zero-order chi connectivity index (χ0) is 19.7. The maximum Gasteiger partial charge on any atom is 0.347 e. The standard InChI is InChI=1S/C16H20BN5O4S/c1-7-11(15(24)25)27-16(19-7)22-5-4-9(10(6-22)26-3)20-14(23)13-18-8(2)12(17)21-13/h9-10H,4-6H2,1-3H3,(H,18,21)(H,20,23)(H,24,25)/t9?,10-/m0/s1. The number of thiazole rings is 1. The van der Waals surface area contributed by atoms with Crippen molar-refractivity contribution in [2.75, 3.05) is 25.1 Å². The van der Waals surface area contributed by atoms with Gasteiger partial charge in [-0.05, 0) is 25.9 Å². The van der Waals surface area contributed by atoms with Gasteiger partial charge in [0.2, 0.25) is 0 Å². The van der Waals surface area contributed by atoms with E-state index < -0.39 is 5.97 Å². The molecule has 1 amide bonds. The number of nitrogens with one attached hydrogen (secondary N) is 2. The van der Waals surface area contributed by atoms with Gasteiger partial charge in [-0.25, -0.2) is 14.8 Å². The van der Waals surface area contributed by atoms with Crippen molar-refractivity contribution in [1.29, 1.82) is 0 Å². The molecule has 0 saturated carbocycles. The number of hydrogen-bond acceptors (Lipinski definition) is 7. The highest BCUT2D eigenvalue weighted by Crippen LogP contribution is 2.29. The third-order valence-corrected chi connectivity index (χ3v) is 5.77. The largest absolute Gasteiger partial charge is 0.477 e. The molecule has 27 heavy (non-hydrogen) atoms. The van der Waals surface area contributed by atoms with Crippen molar-refractivity contribution < 1.29 is 19.4 Å². The number of methoxy groups -OCH3 is 1. The minimum Gasteiger partial charge on any atom is -0.477 e. The van der Waals surface area contributed by atoms with Gasteiger partial charge >= 0.3 is 5.97 Å². The van der Waals surface area contributed by atoms with Crippen LogP contribution in [0.4, 0.5) is 5.13 Å². The second kappa shape index (κ2) is 7.69. The fourth-order valence-corrected chi connectivity index (χ4v) is 3.97. The first kappa shape index (κ1) is 19.4. The van der Waals surface area contributed by atoms with Crippen LogP contribution in [0.3, 0.4) is 0 Å². The maximum atomic E-state index is 12.4. The van der Waals surface area contributed by atoms with Crippen molar-refractivity contribution in [2.24, 2.45) is 0 Å². The number of anilines is 1. The first-order chi connectivity index (χ1) is 12.8. The lowest BCUT2D eigenvalue weighted by Crippen LogP contribution is -2.55. The summed E-state index contributed by atoms with van der Waals surface area (Å²) in [7, 11) is 7.29. The molecule has 1 unspecified atom stereocenters. The molecule has 3 rings (SSSR count). The van der Waals surface area contributed by atoms with Gasteiger partial charge in [-0.2, -0.15) is 0 Å². The highest BCUT2D eigenvalue weighted by molar-refractivity contribution is 7.17. The molecule has 0 aromatic carbocycles. The third-order valence-electron chi connectivity index (χ3n) is 4.57. The average molecular weight is 389 g/mol. The zero-order valence-electron chi connectivity index (χ0n) is 15.3. The van der Waals surface area contributed by atoms with Gasteiger partial charge in [-0.15, -0.1) is 0 Å². The molecule has 1 aliphatic heterocycles. The van der Waals surface area contributed by atoms with Crippen molar-refractivity contribution >= 4 is 41.8 Å². The van der Waals surface area contributed by atoms with Crippen LogP contribution in [0.15, 0.2) is 0 Å². The lowest BCUT2D eigenvalue weighted by molar-refractivity contribution is 0.0538. The van der Waals surface area contributed by atoms with Crippen LogP contribution in [0.1, 0.15) is 38.1 Å². The summed E-state index contributed by atoms with van der Waals surface area (Å²) in [4.78, 5) is 37.1. The van der Waals surface area contributed by atoms with Crippen LogP contribution >= 0.6 is 11.3 Å². The van der Waals surface area contributed by atoms with Crippen LogP contribution in [-0.4, -0.2) is 72.1 Å². The summed E-state index contributed by atoms with van der Waals surface area (Å²) in [5.41, 5.74) is 1.44. The number of aromatic carboxylic acids is 1. The molecule has 2 atom stereocenters. The number of H-pyrrole nitrogens is 1. The molecule has 2 aromatic heterocycles. The van der Waals surface area contributed by atoms with E-state index in [1.54, 1.807) is 21.0 Å². The minimum absolute atomic E-state index is 0.170. The van der Waals surface area contributed by atoms with Gasteiger partial charge in [0.25, 0.3) is 5.91 Å². The Morgan fingerprint density at radius 2 is 2.11 bits per heavy atom. The molecule has 0 aliphatic carbocycles. The molecule has 1 saturated heterocycles. The average Bonchev–Trinajstić information content (AvgIpc) is 3.18. The molecule has 142 valence electrons. The van der Waals surface area contributed by atoms with E-state index >= 15 is 0 Å². The van der Waals surface area contributed by atoms with E-state index in [0.717, 1.165) is 11.3 Å². The van der Waals surface area contributed by atoms with E-state index in [0.29, 0.717) is 41.6 Å². The summed E-state index contributed by atoms with van der Waals surface area (Å²) < 4.78 is 5.55. The maximum absolute atomic E-state index is 12.4. The predicted molar refractivity (Wildman–Crippen MR) is 101 cm³/mol. The van der Waals surface area contributed by atoms with Gasteiger partial charge in [0.15, 0.2) is 11.0 Å². The lowest BCUT2D eigenvalue weighted by atomic mass is 10.0. The predicted octanol–water partition coefficient (Wildman–Crippen LogP) is -0.00126. The summed E-state index contributed by atoms with van der Waals surface area (Å²) in [5.74, 6) is -1.15. The molecule has 1 aliphatic rings. The summed E-state index contributed by atoms with van der Waals surface area (Å²) in [6.07, 6.45) is 0.356. The molecule has 0 spiro atoms. The van der Waals surface area contributed by atoms with Crippen molar-refractivity contribution in [3.05, 3.63) is 22.1 Å². The number of aryl methyl sites for hydroxylation is 2. The van der Waals surface area contributed by atoms with Crippen LogP contribution in [0.2, 0.25) is 0 Å². The SMILES string of the molecule is [B]c1[nH]c(C(=O)NC2CCN(c3nc(C)c(C(=O)O)s3)C[C@@H]2OC)nc1C. The number of carboxylic acids is 1. The highest BCUT2D eigenvalue weighted by Gasteiger charge is 2.33. The zero-order valence-corrected chi connectivity index (χ0v) is 16.1. The van der Waals surface area contributed by atoms with Gasteiger partial charge in [-0.1, -0.05) is 11.3 Å². The van der Waals surface area contributed by atoms with Crippen LogP contribution < -0.4 is 15.8 Å². The number of carbonyl (C=O) groups excluding carboxylic acids is 1. The van der Waals surface area contributed by atoms with E-state index in [-0.39, 0.29) is 28.8 Å². The topological polar surface area (TPSA) is 120 Å². The number of rotatable bonds is 5. The number of hydrogen-bond donors (Lipinski definition) is 3. The van der Waals surface area contributed by atoms with Gasteiger partial charge in [0.05, 0.1) is 17.8 Å². The minimum atomic E-state index is -0.977. The van der Waals surface area contributed by atoms with Gasteiger partial charge in [0.1, 0.15) is 12.7 Å². The molecule has 3 N–H and O–H groups in total. The van der Waals surface area contributed by atoms with E-state index in [4.69, 9.17) is 12.6 Å². The summed E-state index contributed by atoms with van der Waals surface area (Å²) >= 11 is 1.15. The Kier molecular flexibility index (Phi) is 5.52. The Morgan fingerprint density at radius 3 is 2.67 bits per heavy atom. The number of aromatic nitrogens is 3. The molecule has 11 heteroatoms. The molecule has 1 fully saturated rings. The Labute approximate surface area is 161 Å². The van der Waals surface area contributed by atoms with Gasteiger partial charge < -0.3 is 25.0 Å². The number of amides is 1. The highest BCUT2D eigenvalue weighted by atomic mass is 32.1. The molecule has 2 radical (unpaired) electrons. The molecule has 2 aromatic rings. The Hall–Kier alpha value is -2.40. The lowest BCUT2D eigenvalue weighted by Gasteiger charge is -2.37. The van der Waals surface area contributed by atoms with Crippen molar-refractivity contribution in [2.45, 2.75) is 32.4 Å². The number of piperidine rings is 1. The molecule has 9 nitrogen and oxygen atoms in total. The number of nitrogens with zero attached hydrogens (tertiary/aromatic N) is 3. The quantitative estimate of drug-likeness (QED) is 0.616. The van der Waals surface area contributed by atoms with Crippen LogP contribution in [0.25, 0.3) is 0 Å². The third kappa shape index (κ3) is 3.98. The number of imidazole rings is 1. The van der Waals surface area contributed by atoms with Crippen molar-refractivity contribution in [3.63, 3.8) is 0 Å². The summed E-state index contributed by atoms with van der Waals surface area (Å²) in [5, 5.41) is 12.8. The van der Waals surface area contributed by atoms with E-state index in [1.165, 1.54) is 0 Å². The van der Waals surface area contributed by atoms with Gasteiger partial charge in [0, 0.05) is 25.9 Å². The van der Waals surface area contributed by atoms with Crippen LogP contribution in [0, 0.1) is 13.8 Å². The van der Waals surface area contributed by atoms with Crippen molar-refractivity contribution in [1.82, 2.24) is 20.3 Å².